The summed E-state index contributed by atoms with van der Waals surface area (Å²) < 4.78 is 8.85. The lowest BCUT2D eigenvalue weighted by atomic mass is 10.2. The average molecular weight is 300 g/mol. The first-order valence-corrected chi connectivity index (χ1v) is 7.17. The van der Waals surface area contributed by atoms with E-state index in [0.29, 0.717) is 18.1 Å². The maximum atomic E-state index is 12.2. The maximum Gasteiger partial charge on any atom is 0.412 e. The van der Waals surface area contributed by atoms with Crippen molar-refractivity contribution in [2.24, 2.45) is 0 Å². The summed E-state index contributed by atoms with van der Waals surface area (Å²) in [5.41, 5.74) is -0.463. The summed E-state index contributed by atoms with van der Waals surface area (Å²) in [6.07, 6.45) is -0.628. The van der Waals surface area contributed by atoms with Crippen molar-refractivity contribution in [3.05, 3.63) is 5.69 Å². The minimum atomic E-state index is -0.628. The van der Waals surface area contributed by atoms with Crippen LogP contribution in [0.2, 0.25) is 0 Å². The van der Waals surface area contributed by atoms with Crippen molar-refractivity contribution in [3.63, 3.8) is 0 Å². The number of hydrogen-bond acceptors (Lipinski definition) is 6. The van der Waals surface area contributed by atoms with E-state index in [0.717, 1.165) is 11.5 Å². The highest BCUT2D eigenvalue weighted by atomic mass is 32.1. The second kappa shape index (κ2) is 6.65. The van der Waals surface area contributed by atoms with Gasteiger partial charge in [-0.15, -0.1) is 5.10 Å². The summed E-state index contributed by atoms with van der Waals surface area (Å²) in [6, 6.07) is 0. The van der Waals surface area contributed by atoms with Crippen molar-refractivity contribution in [1.82, 2.24) is 14.5 Å². The molecule has 112 valence electrons. The van der Waals surface area contributed by atoms with Gasteiger partial charge < -0.3 is 9.64 Å². The van der Waals surface area contributed by atoms with Crippen molar-refractivity contribution in [1.29, 1.82) is 0 Å². The van der Waals surface area contributed by atoms with Crippen LogP contribution in [0.15, 0.2) is 0 Å². The monoisotopic (exact) mass is 300 g/mol. The van der Waals surface area contributed by atoms with Gasteiger partial charge in [-0.25, -0.2) is 4.79 Å². The number of carbonyl (C=O) groups excluding carboxylic acids is 2. The molecule has 1 heterocycles. The van der Waals surface area contributed by atoms with E-state index < -0.39 is 11.7 Å². The Hall–Kier alpha value is -1.70. The van der Waals surface area contributed by atoms with Crippen LogP contribution < -0.4 is 5.32 Å². The van der Waals surface area contributed by atoms with Crippen LogP contribution in [0.1, 0.15) is 45.1 Å². The first kappa shape index (κ1) is 16.4. The van der Waals surface area contributed by atoms with E-state index in [1.165, 1.54) is 0 Å². The molecular weight excluding hydrogens is 280 g/mol. The smallest absolute Gasteiger partial charge is 0.412 e. The molecule has 0 fully saturated rings. The zero-order chi connectivity index (χ0) is 15.3. The lowest BCUT2D eigenvalue weighted by Gasteiger charge is -2.20. The topological polar surface area (TPSA) is 84.4 Å². The number of ether oxygens (including phenoxy) is 1. The fourth-order valence-corrected chi connectivity index (χ4v) is 2.02. The first-order valence-electron chi connectivity index (χ1n) is 6.40. The molecule has 8 heteroatoms. The van der Waals surface area contributed by atoms with Gasteiger partial charge in [-0.2, -0.15) is 0 Å². The SMILES string of the molecule is CCN(CC)C(=O)c1nnsc1NC(=O)OC(C)(C)C. The molecule has 0 saturated carbocycles. The van der Waals surface area contributed by atoms with Gasteiger partial charge in [0.1, 0.15) is 5.60 Å². The minimum Gasteiger partial charge on any atom is -0.444 e. The molecule has 0 aliphatic carbocycles. The Morgan fingerprint density at radius 2 is 1.90 bits per heavy atom. The highest BCUT2D eigenvalue weighted by molar-refractivity contribution is 7.10. The Morgan fingerprint density at radius 1 is 1.30 bits per heavy atom. The fourth-order valence-electron chi connectivity index (χ4n) is 1.47. The van der Waals surface area contributed by atoms with Gasteiger partial charge in [0.25, 0.3) is 5.91 Å². The van der Waals surface area contributed by atoms with E-state index >= 15 is 0 Å². The van der Waals surface area contributed by atoms with Gasteiger partial charge >= 0.3 is 6.09 Å². The van der Waals surface area contributed by atoms with E-state index in [2.05, 4.69) is 14.9 Å². The number of aromatic nitrogens is 2. The van der Waals surface area contributed by atoms with Crippen molar-refractivity contribution in [2.45, 2.75) is 40.2 Å². The molecule has 1 aromatic rings. The standard InChI is InChI=1S/C12H20N4O3S/c1-6-16(7-2)10(17)8-9(20-15-14-8)13-11(18)19-12(3,4)5/h6-7H2,1-5H3,(H,13,18). The van der Waals surface area contributed by atoms with Crippen molar-refractivity contribution < 1.29 is 14.3 Å². The van der Waals surface area contributed by atoms with E-state index in [1.54, 1.807) is 25.7 Å². The largest absolute Gasteiger partial charge is 0.444 e. The number of nitrogens with one attached hydrogen (secondary N) is 1. The molecule has 7 nitrogen and oxygen atoms in total. The molecule has 0 spiro atoms. The molecular formula is C12H20N4O3S. The third-order valence-corrected chi connectivity index (χ3v) is 3.00. The number of nitrogens with zero attached hydrogens (tertiary/aromatic N) is 3. The molecule has 0 saturated heterocycles. The van der Waals surface area contributed by atoms with Crippen molar-refractivity contribution in [2.75, 3.05) is 18.4 Å². The zero-order valence-electron chi connectivity index (χ0n) is 12.4. The third kappa shape index (κ3) is 4.44. The van der Waals surface area contributed by atoms with Gasteiger partial charge in [0.2, 0.25) is 0 Å². The minimum absolute atomic E-state index is 0.143. The van der Waals surface area contributed by atoms with Crippen LogP contribution in [0.3, 0.4) is 0 Å². The molecule has 0 aliphatic heterocycles. The average Bonchev–Trinajstić information content (AvgIpc) is 2.75. The van der Waals surface area contributed by atoms with Crippen molar-refractivity contribution >= 4 is 28.5 Å². The van der Waals surface area contributed by atoms with E-state index in [1.807, 2.05) is 13.8 Å². The highest BCUT2D eigenvalue weighted by Crippen LogP contribution is 2.20. The molecule has 0 radical (unpaired) electrons. The summed E-state index contributed by atoms with van der Waals surface area (Å²) in [5, 5.41) is 6.61. The Kier molecular flexibility index (Phi) is 5.43. The van der Waals surface area contributed by atoms with Crippen LogP contribution in [0, 0.1) is 0 Å². The van der Waals surface area contributed by atoms with Gasteiger partial charge in [0.15, 0.2) is 10.7 Å². The molecule has 0 bridgehead atoms. The Morgan fingerprint density at radius 3 is 2.40 bits per heavy atom. The summed E-state index contributed by atoms with van der Waals surface area (Å²) >= 11 is 0.950. The van der Waals surface area contributed by atoms with E-state index in [9.17, 15) is 9.59 Å². The molecule has 1 N–H and O–H groups in total. The van der Waals surface area contributed by atoms with Crippen LogP contribution in [-0.4, -0.2) is 45.2 Å². The lowest BCUT2D eigenvalue weighted by molar-refractivity contribution is 0.0636. The van der Waals surface area contributed by atoms with Gasteiger partial charge in [-0.1, -0.05) is 4.49 Å². The molecule has 0 unspecified atom stereocenters. The number of hydrogen-bond donors (Lipinski definition) is 1. The summed E-state index contributed by atoms with van der Waals surface area (Å²) in [4.78, 5) is 25.5. The fraction of sp³-hybridized carbons (Fsp3) is 0.667. The van der Waals surface area contributed by atoms with Gasteiger partial charge in [0, 0.05) is 24.6 Å². The van der Waals surface area contributed by atoms with Gasteiger partial charge in [-0.3, -0.25) is 10.1 Å². The Balaban J connectivity index is 2.82. The molecule has 20 heavy (non-hydrogen) atoms. The van der Waals surface area contributed by atoms with Crippen LogP contribution in [0.4, 0.5) is 9.80 Å². The molecule has 0 aliphatic rings. The molecule has 0 atom stereocenters. The Bertz CT molecular complexity index is 477. The first-order chi connectivity index (χ1) is 9.28. The predicted octanol–water partition coefficient (Wildman–Crippen LogP) is 2.37. The molecule has 1 rings (SSSR count). The Labute approximate surface area is 122 Å². The van der Waals surface area contributed by atoms with Crippen molar-refractivity contribution in [3.8, 4) is 0 Å². The van der Waals surface area contributed by atoms with Gasteiger partial charge in [0.05, 0.1) is 0 Å². The zero-order valence-corrected chi connectivity index (χ0v) is 13.2. The normalized spacial score (nSPS) is 11.1. The molecule has 0 aromatic carbocycles. The third-order valence-electron chi connectivity index (χ3n) is 2.36. The number of anilines is 1. The number of carbonyl (C=O) groups is 2. The van der Waals surface area contributed by atoms with Gasteiger partial charge in [-0.05, 0) is 34.6 Å². The van der Waals surface area contributed by atoms with E-state index in [-0.39, 0.29) is 11.6 Å². The van der Waals surface area contributed by atoms with E-state index in [4.69, 9.17) is 4.74 Å². The number of amides is 2. The number of rotatable bonds is 4. The van der Waals surface area contributed by atoms with Crippen LogP contribution in [0.5, 0.6) is 0 Å². The summed E-state index contributed by atoms with van der Waals surface area (Å²) in [7, 11) is 0. The van der Waals surface area contributed by atoms with Crippen LogP contribution in [0.25, 0.3) is 0 Å². The lowest BCUT2D eigenvalue weighted by Crippen LogP contribution is -2.32. The van der Waals surface area contributed by atoms with Crippen LogP contribution >= 0.6 is 11.5 Å². The highest BCUT2D eigenvalue weighted by Gasteiger charge is 2.24. The molecule has 2 amide bonds. The second-order valence-electron chi connectivity index (χ2n) is 5.06. The maximum absolute atomic E-state index is 12.2. The quantitative estimate of drug-likeness (QED) is 0.922. The summed E-state index contributed by atoms with van der Waals surface area (Å²) in [6.45, 7) is 10.2. The van der Waals surface area contributed by atoms with Crippen LogP contribution in [-0.2, 0) is 4.74 Å². The second-order valence-corrected chi connectivity index (χ2v) is 5.81. The molecule has 1 aromatic heterocycles. The predicted molar refractivity (Wildman–Crippen MR) is 77.0 cm³/mol. The summed E-state index contributed by atoms with van der Waals surface area (Å²) in [5.74, 6) is -0.255.